The summed E-state index contributed by atoms with van der Waals surface area (Å²) in [6.45, 7) is 3.50. The summed E-state index contributed by atoms with van der Waals surface area (Å²) < 4.78 is 0. The van der Waals surface area contributed by atoms with E-state index in [9.17, 15) is 4.79 Å². The van der Waals surface area contributed by atoms with Crippen LogP contribution in [0.3, 0.4) is 0 Å². The molecule has 2 aliphatic rings. The summed E-state index contributed by atoms with van der Waals surface area (Å²) in [5, 5.41) is 11.6. The number of aromatic nitrogens is 4. The second-order valence-corrected chi connectivity index (χ2v) is 7.42. The maximum Gasteiger partial charge on any atom is 0.274 e. The Morgan fingerprint density at radius 1 is 1.03 bits per heavy atom. The Bertz CT molecular complexity index is 830. The highest BCUT2D eigenvalue weighted by Crippen LogP contribution is 2.20. The summed E-state index contributed by atoms with van der Waals surface area (Å²) in [4.78, 5) is 25.2. The van der Waals surface area contributed by atoms with Crippen LogP contribution in [-0.4, -0.2) is 63.7 Å². The van der Waals surface area contributed by atoms with Gasteiger partial charge >= 0.3 is 0 Å². The lowest BCUT2D eigenvalue weighted by atomic mass is 9.97. The number of nitrogens with zero attached hydrogens (tertiary/aromatic N) is 6. The van der Waals surface area contributed by atoms with Gasteiger partial charge < -0.3 is 15.1 Å². The van der Waals surface area contributed by atoms with E-state index >= 15 is 0 Å². The molecular weight excluding hydrogens is 366 g/mol. The molecule has 1 N–H and O–H groups in total. The van der Waals surface area contributed by atoms with Crippen molar-refractivity contribution in [1.82, 2.24) is 25.1 Å². The third-order valence-electron chi connectivity index (χ3n) is 5.42. The lowest BCUT2D eigenvalue weighted by Crippen LogP contribution is -2.49. The molecule has 29 heavy (non-hydrogen) atoms. The Labute approximate surface area is 171 Å². The van der Waals surface area contributed by atoms with Crippen LogP contribution in [0.4, 0.5) is 11.8 Å². The second-order valence-electron chi connectivity index (χ2n) is 7.42. The van der Waals surface area contributed by atoms with E-state index in [2.05, 4.69) is 36.5 Å². The molecule has 8 heteroatoms. The van der Waals surface area contributed by atoms with Crippen LogP contribution >= 0.6 is 0 Å². The van der Waals surface area contributed by atoms with E-state index in [1.165, 1.54) is 31.3 Å². The first-order valence-electron chi connectivity index (χ1n) is 10.4. The average molecular weight is 393 g/mol. The van der Waals surface area contributed by atoms with Crippen molar-refractivity contribution in [3.63, 3.8) is 0 Å². The zero-order valence-electron chi connectivity index (χ0n) is 16.6. The van der Waals surface area contributed by atoms with E-state index in [0.29, 0.717) is 43.6 Å². The molecular formula is C21H27N7O. The lowest BCUT2D eigenvalue weighted by molar-refractivity contribution is 0.0739. The van der Waals surface area contributed by atoms with Gasteiger partial charge in [0.15, 0.2) is 5.69 Å². The molecule has 0 atom stereocenters. The molecule has 152 valence electrons. The van der Waals surface area contributed by atoms with Crippen LogP contribution < -0.4 is 10.2 Å². The maximum atomic E-state index is 12.7. The minimum absolute atomic E-state index is 0.0787. The Morgan fingerprint density at radius 3 is 2.55 bits per heavy atom. The largest absolute Gasteiger partial charge is 0.368 e. The predicted octanol–water partition coefficient (Wildman–Crippen LogP) is 2.53. The first-order chi connectivity index (χ1) is 14.3. The normalized spacial score (nSPS) is 17.0. The molecule has 1 fully saturated rings. The van der Waals surface area contributed by atoms with Gasteiger partial charge in [0, 0.05) is 45.1 Å². The zero-order valence-corrected chi connectivity index (χ0v) is 16.6. The van der Waals surface area contributed by atoms with Crippen LogP contribution in [0.15, 0.2) is 42.2 Å². The van der Waals surface area contributed by atoms with Gasteiger partial charge in [-0.3, -0.25) is 4.79 Å². The number of hydrogen-bond donors (Lipinski definition) is 1. The molecule has 0 saturated carbocycles. The molecule has 0 spiro atoms. The summed E-state index contributed by atoms with van der Waals surface area (Å²) in [7, 11) is 0. The Hall–Kier alpha value is -3.03. The van der Waals surface area contributed by atoms with E-state index in [1.807, 2.05) is 11.0 Å². The van der Waals surface area contributed by atoms with Crippen molar-refractivity contribution in [2.24, 2.45) is 0 Å². The Kier molecular flexibility index (Phi) is 6.29. The number of piperazine rings is 1. The fourth-order valence-corrected chi connectivity index (χ4v) is 3.75. The highest BCUT2D eigenvalue weighted by Gasteiger charge is 2.24. The Balaban J connectivity index is 1.25. The first-order valence-corrected chi connectivity index (χ1v) is 10.4. The van der Waals surface area contributed by atoms with Crippen molar-refractivity contribution < 1.29 is 4.79 Å². The van der Waals surface area contributed by atoms with Crippen LogP contribution in [0, 0.1) is 0 Å². The van der Waals surface area contributed by atoms with E-state index < -0.39 is 0 Å². The molecule has 0 aromatic carbocycles. The standard InChI is InChI=1S/C21H27N7O/c29-20(27-13-15-28(16-14-27)21-23-10-4-11-24-21)18-7-8-19(26-25-18)22-12-9-17-5-2-1-3-6-17/h4-5,7-8,10-11H,1-3,6,9,12-16H2,(H,22,26). The highest BCUT2D eigenvalue weighted by molar-refractivity contribution is 5.92. The monoisotopic (exact) mass is 393 g/mol. The topological polar surface area (TPSA) is 87.1 Å². The van der Waals surface area contributed by atoms with Crippen molar-refractivity contribution in [3.05, 3.63) is 47.9 Å². The van der Waals surface area contributed by atoms with Gasteiger partial charge in [0.2, 0.25) is 5.95 Å². The van der Waals surface area contributed by atoms with Gasteiger partial charge in [0.05, 0.1) is 0 Å². The number of anilines is 2. The molecule has 1 aliphatic carbocycles. The van der Waals surface area contributed by atoms with Crippen molar-refractivity contribution in [2.45, 2.75) is 32.1 Å². The number of carbonyl (C=O) groups is 1. The minimum Gasteiger partial charge on any atom is -0.368 e. The minimum atomic E-state index is -0.0787. The summed E-state index contributed by atoms with van der Waals surface area (Å²) in [5.41, 5.74) is 1.92. The van der Waals surface area contributed by atoms with E-state index in [-0.39, 0.29) is 5.91 Å². The van der Waals surface area contributed by atoms with Crippen LogP contribution in [0.2, 0.25) is 0 Å². The maximum absolute atomic E-state index is 12.7. The fraction of sp³-hybridized carbons (Fsp3) is 0.476. The number of nitrogens with one attached hydrogen (secondary N) is 1. The number of amides is 1. The molecule has 3 heterocycles. The molecule has 0 radical (unpaired) electrons. The van der Waals surface area contributed by atoms with Gasteiger partial charge in [-0.15, -0.1) is 10.2 Å². The number of allylic oxidation sites excluding steroid dienone is 1. The molecule has 0 bridgehead atoms. The number of carbonyl (C=O) groups excluding carboxylic acids is 1. The van der Waals surface area contributed by atoms with Crippen molar-refractivity contribution >= 4 is 17.7 Å². The van der Waals surface area contributed by atoms with E-state index in [1.54, 1.807) is 24.5 Å². The molecule has 2 aromatic heterocycles. The molecule has 4 rings (SSSR count). The summed E-state index contributed by atoms with van der Waals surface area (Å²) in [5.74, 6) is 1.34. The quantitative estimate of drug-likeness (QED) is 0.755. The molecule has 1 saturated heterocycles. The number of rotatable bonds is 6. The van der Waals surface area contributed by atoms with Crippen LogP contribution in [0.25, 0.3) is 0 Å². The lowest BCUT2D eigenvalue weighted by Gasteiger charge is -2.34. The van der Waals surface area contributed by atoms with Gasteiger partial charge in [-0.25, -0.2) is 9.97 Å². The van der Waals surface area contributed by atoms with Gasteiger partial charge in [-0.05, 0) is 50.3 Å². The summed E-state index contributed by atoms with van der Waals surface area (Å²) in [6, 6.07) is 5.39. The van der Waals surface area contributed by atoms with Crippen molar-refractivity contribution in [2.75, 3.05) is 42.9 Å². The van der Waals surface area contributed by atoms with Crippen molar-refractivity contribution in [1.29, 1.82) is 0 Å². The average Bonchev–Trinajstić information content (AvgIpc) is 2.80. The van der Waals surface area contributed by atoms with Gasteiger partial charge in [0.1, 0.15) is 5.82 Å². The van der Waals surface area contributed by atoms with Crippen LogP contribution in [-0.2, 0) is 0 Å². The van der Waals surface area contributed by atoms with Gasteiger partial charge in [0.25, 0.3) is 5.91 Å². The Morgan fingerprint density at radius 2 is 1.86 bits per heavy atom. The molecule has 1 amide bonds. The highest BCUT2D eigenvalue weighted by atomic mass is 16.2. The second kappa shape index (κ2) is 9.45. The third-order valence-corrected chi connectivity index (χ3v) is 5.42. The number of hydrogen-bond acceptors (Lipinski definition) is 7. The van der Waals surface area contributed by atoms with Crippen LogP contribution in [0.5, 0.6) is 0 Å². The summed E-state index contributed by atoms with van der Waals surface area (Å²) in [6.07, 6.45) is 11.9. The molecule has 1 aliphatic heterocycles. The first kappa shape index (κ1) is 19.3. The zero-order chi connectivity index (χ0) is 19.9. The van der Waals surface area contributed by atoms with E-state index in [4.69, 9.17) is 0 Å². The third kappa shape index (κ3) is 5.07. The molecule has 0 unspecified atom stereocenters. The SMILES string of the molecule is O=C(c1ccc(NCCC2=CCCCC2)nn1)N1CCN(c2ncccn2)CC1. The predicted molar refractivity (Wildman–Crippen MR) is 112 cm³/mol. The van der Waals surface area contributed by atoms with Gasteiger partial charge in [-0.1, -0.05) is 11.6 Å². The van der Waals surface area contributed by atoms with Gasteiger partial charge in [-0.2, -0.15) is 0 Å². The smallest absolute Gasteiger partial charge is 0.274 e. The molecule has 2 aromatic rings. The van der Waals surface area contributed by atoms with Crippen LogP contribution in [0.1, 0.15) is 42.6 Å². The van der Waals surface area contributed by atoms with E-state index in [0.717, 1.165) is 13.0 Å². The molecule has 8 nitrogen and oxygen atoms in total. The summed E-state index contributed by atoms with van der Waals surface area (Å²) >= 11 is 0. The fourth-order valence-electron chi connectivity index (χ4n) is 3.75. The van der Waals surface area contributed by atoms with Crippen molar-refractivity contribution in [3.8, 4) is 0 Å².